The Morgan fingerprint density at radius 2 is 2.00 bits per heavy atom. The fourth-order valence-corrected chi connectivity index (χ4v) is 2.46. The van der Waals surface area contributed by atoms with Crippen LogP contribution in [0, 0.1) is 11.8 Å². The Kier molecular flexibility index (Phi) is 5.92. The molecule has 0 saturated carbocycles. The minimum Gasteiger partial charge on any atom is -0.315 e. The van der Waals surface area contributed by atoms with Gasteiger partial charge in [0.1, 0.15) is 0 Å². The average molecular weight is 266 g/mol. The summed E-state index contributed by atoms with van der Waals surface area (Å²) >= 11 is 0. The molecule has 18 heavy (non-hydrogen) atoms. The van der Waals surface area contributed by atoms with E-state index in [-0.39, 0.29) is 19.1 Å². The molecule has 2 nitrogen and oxygen atoms in total. The van der Waals surface area contributed by atoms with Crippen LogP contribution in [0.4, 0.5) is 13.2 Å². The van der Waals surface area contributed by atoms with Gasteiger partial charge in [-0.25, -0.2) is 0 Å². The van der Waals surface area contributed by atoms with Crippen LogP contribution in [0.1, 0.15) is 33.6 Å². The standard InChI is InChI=1S/C13H25F3N2/c1-4-10(2)7-11(3)18-6-5-17-8-12(9-18)13(14,15)16/h10-12,17H,4-9H2,1-3H3. The minimum atomic E-state index is -4.09. The van der Waals surface area contributed by atoms with Crippen molar-refractivity contribution in [3.05, 3.63) is 0 Å². The summed E-state index contributed by atoms with van der Waals surface area (Å²) < 4.78 is 38.5. The van der Waals surface area contributed by atoms with Gasteiger partial charge in [-0.05, 0) is 19.3 Å². The van der Waals surface area contributed by atoms with Crippen molar-refractivity contribution in [2.24, 2.45) is 11.8 Å². The highest BCUT2D eigenvalue weighted by atomic mass is 19.4. The fraction of sp³-hybridized carbons (Fsp3) is 1.00. The van der Waals surface area contributed by atoms with E-state index in [1.54, 1.807) is 0 Å². The molecule has 0 radical (unpaired) electrons. The molecular formula is C13H25F3N2. The molecule has 0 spiro atoms. The molecule has 5 heteroatoms. The van der Waals surface area contributed by atoms with E-state index >= 15 is 0 Å². The van der Waals surface area contributed by atoms with Crippen LogP contribution >= 0.6 is 0 Å². The topological polar surface area (TPSA) is 15.3 Å². The van der Waals surface area contributed by atoms with Gasteiger partial charge >= 0.3 is 6.18 Å². The van der Waals surface area contributed by atoms with Gasteiger partial charge in [-0.1, -0.05) is 20.3 Å². The SMILES string of the molecule is CCC(C)CC(C)N1CCNCC(C(F)(F)F)C1. The number of hydrogen-bond donors (Lipinski definition) is 1. The van der Waals surface area contributed by atoms with Crippen LogP contribution in [0.15, 0.2) is 0 Å². The third-order valence-electron chi connectivity index (χ3n) is 3.95. The predicted molar refractivity (Wildman–Crippen MR) is 67.5 cm³/mol. The summed E-state index contributed by atoms with van der Waals surface area (Å²) in [6.45, 7) is 7.88. The smallest absolute Gasteiger partial charge is 0.315 e. The van der Waals surface area contributed by atoms with Gasteiger partial charge in [-0.2, -0.15) is 13.2 Å². The van der Waals surface area contributed by atoms with E-state index in [0.29, 0.717) is 19.0 Å². The zero-order valence-electron chi connectivity index (χ0n) is 11.6. The van der Waals surface area contributed by atoms with Crippen molar-refractivity contribution in [2.75, 3.05) is 26.2 Å². The van der Waals surface area contributed by atoms with Gasteiger partial charge in [0, 0.05) is 32.2 Å². The van der Waals surface area contributed by atoms with Gasteiger partial charge in [0.2, 0.25) is 0 Å². The molecule has 1 N–H and O–H groups in total. The lowest BCUT2D eigenvalue weighted by molar-refractivity contribution is -0.176. The Labute approximate surface area is 108 Å². The molecular weight excluding hydrogens is 241 g/mol. The maximum absolute atomic E-state index is 12.8. The molecule has 1 saturated heterocycles. The summed E-state index contributed by atoms with van der Waals surface area (Å²) in [5.74, 6) is -0.667. The molecule has 0 aliphatic carbocycles. The number of hydrogen-bond acceptors (Lipinski definition) is 2. The van der Waals surface area contributed by atoms with Crippen molar-refractivity contribution in [3.8, 4) is 0 Å². The lowest BCUT2D eigenvalue weighted by atomic mass is 9.98. The van der Waals surface area contributed by atoms with Gasteiger partial charge < -0.3 is 5.32 Å². The highest BCUT2D eigenvalue weighted by Gasteiger charge is 2.41. The van der Waals surface area contributed by atoms with Crippen molar-refractivity contribution in [3.63, 3.8) is 0 Å². The van der Waals surface area contributed by atoms with Crippen LogP contribution in [0.3, 0.4) is 0 Å². The molecule has 0 amide bonds. The summed E-state index contributed by atoms with van der Waals surface area (Å²) in [6.07, 6.45) is -2.04. The monoisotopic (exact) mass is 266 g/mol. The second-order valence-electron chi connectivity index (χ2n) is 5.54. The highest BCUT2D eigenvalue weighted by Crippen LogP contribution is 2.28. The number of halogens is 3. The fourth-order valence-electron chi connectivity index (χ4n) is 2.46. The molecule has 3 atom stereocenters. The van der Waals surface area contributed by atoms with E-state index in [2.05, 4.69) is 19.2 Å². The van der Waals surface area contributed by atoms with Gasteiger partial charge in [0.05, 0.1) is 5.92 Å². The van der Waals surface area contributed by atoms with E-state index in [1.807, 2.05) is 11.8 Å². The van der Waals surface area contributed by atoms with E-state index in [0.717, 1.165) is 12.8 Å². The summed E-state index contributed by atoms with van der Waals surface area (Å²) in [5.41, 5.74) is 0. The Morgan fingerprint density at radius 1 is 1.33 bits per heavy atom. The Hall–Kier alpha value is -0.290. The van der Waals surface area contributed by atoms with Gasteiger partial charge in [0.25, 0.3) is 0 Å². The van der Waals surface area contributed by atoms with E-state index < -0.39 is 12.1 Å². The van der Waals surface area contributed by atoms with Crippen LogP contribution < -0.4 is 5.32 Å². The predicted octanol–water partition coefficient (Wildman–Crippen LogP) is 2.89. The van der Waals surface area contributed by atoms with Crippen molar-refractivity contribution in [1.82, 2.24) is 10.2 Å². The minimum absolute atomic E-state index is 0.0516. The molecule has 1 fully saturated rings. The summed E-state index contributed by atoms with van der Waals surface area (Å²) in [5, 5.41) is 2.89. The third kappa shape index (κ3) is 4.76. The average Bonchev–Trinajstić information content (AvgIpc) is 2.53. The first kappa shape index (κ1) is 15.8. The Balaban J connectivity index is 2.58. The van der Waals surface area contributed by atoms with Crippen LogP contribution in [0.2, 0.25) is 0 Å². The maximum atomic E-state index is 12.8. The Morgan fingerprint density at radius 3 is 2.56 bits per heavy atom. The zero-order valence-corrected chi connectivity index (χ0v) is 11.6. The largest absolute Gasteiger partial charge is 0.394 e. The van der Waals surface area contributed by atoms with Crippen LogP contribution in [0.25, 0.3) is 0 Å². The number of nitrogens with zero attached hydrogens (tertiary/aromatic N) is 1. The first-order chi connectivity index (χ1) is 8.34. The molecule has 0 aromatic carbocycles. The quantitative estimate of drug-likeness (QED) is 0.841. The van der Waals surface area contributed by atoms with Gasteiger partial charge in [-0.3, -0.25) is 4.90 Å². The van der Waals surface area contributed by atoms with E-state index in [9.17, 15) is 13.2 Å². The molecule has 1 rings (SSSR count). The van der Waals surface area contributed by atoms with Crippen molar-refractivity contribution >= 4 is 0 Å². The normalized spacial score (nSPS) is 26.7. The molecule has 108 valence electrons. The number of nitrogens with one attached hydrogen (secondary N) is 1. The lowest BCUT2D eigenvalue weighted by Crippen LogP contribution is -2.42. The van der Waals surface area contributed by atoms with E-state index in [4.69, 9.17) is 0 Å². The Bertz CT molecular complexity index is 243. The van der Waals surface area contributed by atoms with Gasteiger partial charge in [-0.15, -0.1) is 0 Å². The van der Waals surface area contributed by atoms with E-state index in [1.165, 1.54) is 0 Å². The molecule has 1 aliphatic heterocycles. The van der Waals surface area contributed by atoms with Crippen LogP contribution in [-0.2, 0) is 0 Å². The summed E-state index contributed by atoms with van der Waals surface area (Å²) in [4.78, 5) is 1.99. The first-order valence-electron chi connectivity index (χ1n) is 6.86. The van der Waals surface area contributed by atoms with Crippen LogP contribution in [-0.4, -0.2) is 43.3 Å². The molecule has 0 aromatic heterocycles. The van der Waals surface area contributed by atoms with Crippen LogP contribution in [0.5, 0.6) is 0 Å². The van der Waals surface area contributed by atoms with Crippen molar-refractivity contribution in [1.29, 1.82) is 0 Å². The second kappa shape index (κ2) is 6.75. The summed E-state index contributed by atoms with van der Waals surface area (Å²) in [7, 11) is 0. The maximum Gasteiger partial charge on any atom is 0.394 e. The van der Waals surface area contributed by atoms with Crippen molar-refractivity contribution in [2.45, 2.75) is 45.8 Å². The molecule has 0 aromatic rings. The second-order valence-corrected chi connectivity index (χ2v) is 5.54. The van der Waals surface area contributed by atoms with Gasteiger partial charge in [0.15, 0.2) is 0 Å². The zero-order chi connectivity index (χ0) is 13.8. The van der Waals surface area contributed by atoms with Crippen molar-refractivity contribution < 1.29 is 13.2 Å². The number of alkyl halides is 3. The molecule has 0 bridgehead atoms. The molecule has 3 unspecified atom stereocenters. The first-order valence-corrected chi connectivity index (χ1v) is 6.86. The highest BCUT2D eigenvalue weighted by molar-refractivity contribution is 4.81. The molecule has 1 heterocycles. The summed E-state index contributed by atoms with van der Waals surface area (Å²) in [6, 6.07) is 0.227. The third-order valence-corrected chi connectivity index (χ3v) is 3.95. The number of rotatable bonds is 4. The molecule has 1 aliphatic rings. The lowest BCUT2D eigenvalue weighted by Gasteiger charge is -2.32.